The Morgan fingerprint density at radius 1 is 1.29 bits per heavy atom. The van der Waals surface area contributed by atoms with Gasteiger partial charge in [-0.3, -0.25) is 4.79 Å². The fraction of sp³-hybridized carbons (Fsp3) is 0.304. The number of thiophene rings is 1. The number of carbonyl (C=O) groups excluding carboxylic acids is 2. The van der Waals surface area contributed by atoms with Gasteiger partial charge in [-0.05, 0) is 56.4 Å². The van der Waals surface area contributed by atoms with E-state index in [1.807, 2.05) is 0 Å². The predicted molar refractivity (Wildman–Crippen MR) is 121 cm³/mol. The first-order valence-electron chi connectivity index (χ1n) is 10.9. The van der Waals surface area contributed by atoms with Crippen LogP contribution >= 0.6 is 11.3 Å². The summed E-state index contributed by atoms with van der Waals surface area (Å²) in [5, 5.41) is 6.78. The van der Waals surface area contributed by atoms with Gasteiger partial charge in [0.15, 0.2) is 17.1 Å². The summed E-state index contributed by atoms with van der Waals surface area (Å²) >= 11 is 1.28. The molecule has 1 N–H and O–H groups in total. The fourth-order valence-corrected chi connectivity index (χ4v) is 5.39. The van der Waals surface area contributed by atoms with Gasteiger partial charge in [0.2, 0.25) is 0 Å². The Kier molecular flexibility index (Phi) is 5.83. The highest BCUT2D eigenvalue weighted by molar-refractivity contribution is 7.17. The molecular weight excluding hydrogens is 485 g/mol. The van der Waals surface area contributed by atoms with Gasteiger partial charge in [0.25, 0.3) is 5.91 Å². The molecule has 35 heavy (non-hydrogen) atoms. The number of ether oxygens (including phenoxy) is 1. The number of nitrogens with zero attached hydrogens (tertiary/aromatic N) is 3. The summed E-state index contributed by atoms with van der Waals surface area (Å²) in [6.07, 6.45) is 0.933. The molecule has 1 amide bonds. The summed E-state index contributed by atoms with van der Waals surface area (Å²) < 4.78 is 52.3. The summed E-state index contributed by atoms with van der Waals surface area (Å²) in [5.41, 5.74) is -0.508. The van der Waals surface area contributed by atoms with Crippen molar-refractivity contribution in [2.75, 3.05) is 11.9 Å². The molecule has 4 aromatic heterocycles. The first-order valence-corrected chi connectivity index (χ1v) is 11.7. The number of fused-ring (bicyclic) bond motifs is 2. The topological polar surface area (TPSA) is 98.7 Å². The van der Waals surface area contributed by atoms with Gasteiger partial charge in [-0.15, -0.1) is 11.3 Å². The van der Waals surface area contributed by atoms with Crippen molar-refractivity contribution in [3.63, 3.8) is 0 Å². The monoisotopic (exact) mass is 504 g/mol. The van der Waals surface area contributed by atoms with Gasteiger partial charge in [0, 0.05) is 4.88 Å². The van der Waals surface area contributed by atoms with E-state index in [4.69, 9.17) is 9.15 Å². The molecule has 0 spiro atoms. The van der Waals surface area contributed by atoms with Crippen LogP contribution in [0, 0.1) is 0 Å². The van der Waals surface area contributed by atoms with Gasteiger partial charge in [0.05, 0.1) is 24.6 Å². The molecule has 0 aromatic carbocycles. The van der Waals surface area contributed by atoms with E-state index in [1.165, 1.54) is 29.7 Å². The highest BCUT2D eigenvalue weighted by Crippen LogP contribution is 2.39. The number of anilines is 1. The first kappa shape index (κ1) is 23.1. The van der Waals surface area contributed by atoms with Gasteiger partial charge in [-0.2, -0.15) is 18.3 Å². The Morgan fingerprint density at radius 2 is 2.09 bits per heavy atom. The van der Waals surface area contributed by atoms with E-state index in [2.05, 4.69) is 15.4 Å². The standard InChI is InChI=1S/C23H19F3N4O4S/c1-2-33-22(32)18-12-6-3-4-8-16(12)35-21(18)29-20(31)13-11-27-30-17(23(24,25)26)10-14(28-19(13)30)15-7-5-9-34-15/h5,7,9-11H,2-4,6,8H2,1H3,(H,29,31). The van der Waals surface area contributed by atoms with Crippen LogP contribution in [0.2, 0.25) is 0 Å². The average molecular weight is 504 g/mol. The molecule has 4 aromatic rings. The van der Waals surface area contributed by atoms with E-state index < -0.39 is 23.7 Å². The van der Waals surface area contributed by atoms with E-state index in [0.717, 1.165) is 42.0 Å². The molecule has 0 atom stereocenters. The number of aryl methyl sites for hydroxylation is 1. The quantitative estimate of drug-likeness (QED) is 0.367. The lowest BCUT2D eigenvalue weighted by atomic mass is 9.95. The van der Waals surface area contributed by atoms with Crippen LogP contribution in [-0.2, 0) is 23.8 Å². The molecule has 182 valence electrons. The number of hydrogen-bond acceptors (Lipinski definition) is 7. The van der Waals surface area contributed by atoms with Crippen molar-refractivity contribution < 1.29 is 31.9 Å². The number of hydrogen-bond donors (Lipinski definition) is 1. The molecule has 12 heteroatoms. The van der Waals surface area contributed by atoms with Gasteiger partial charge in [0.1, 0.15) is 16.3 Å². The van der Waals surface area contributed by atoms with E-state index in [9.17, 15) is 22.8 Å². The zero-order valence-corrected chi connectivity index (χ0v) is 19.3. The Morgan fingerprint density at radius 3 is 2.80 bits per heavy atom. The third-order valence-corrected chi connectivity index (χ3v) is 6.87. The third kappa shape index (κ3) is 4.18. The van der Waals surface area contributed by atoms with Crippen LogP contribution in [0.4, 0.5) is 18.2 Å². The van der Waals surface area contributed by atoms with E-state index in [0.29, 0.717) is 21.5 Å². The average Bonchev–Trinajstić information content (AvgIpc) is 3.55. The number of alkyl halides is 3. The van der Waals surface area contributed by atoms with Crippen molar-refractivity contribution >= 4 is 33.9 Å². The summed E-state index contributed by atoms with van der Waals surface area (Å²) in [4.78, 5) is 31.1. The number of carbonyl (C=O) groups is 2. The fourth-order valence-electron chi connectivity index (χ4n) is 4.12. The second-order valence-corrected chi connectivity index (χ2v) is 8.99. The zero-order chi connectivity index (χ0) is 24.7. The van der Waals surface area contributed by atoms with E-state index >= 15 is 0 Å². The highest BCUT2D eigenvalue weighted by Gasteiger charge is 2.36. The summed E-state index contributed by atoms with van der Waals surface area (Å²) in [5.74, 6) is -1.16. The molecule has 0 unspecified atom stereocenters. The molecule has 0 aliphatic heterocycles. The van der Waals surface area contributed by atoms with Gasteiger partial charge < -0.3 is 14.5 Å². The molecule has 1 aliphatic rings. The minimum atomic E-state index is -4.76. The number of halogens is 3. The Labute approximate surface area is 200 Å². The minimum Gasteiger partial charge on any atom is -0.463 e. The van der Waals surface area contributed by atoms with Gasteiger partial charge in [-0.25, -0.2) is 14.3 Å². The largest absolute Gasteiger partial charge is 0.463 e. The summed E-state index contributed by atoms with van der Waals surface area (Å²) in [7, 11) is 0. The Hall–Kier alpha value is -3.67. The summed E-state index contributed by atoms with van der Waals surface area (Å²) in [6, 6.07) is 3.80. The van der Waals surface area contributed by atoms with Crippen molar-refractivity contribution in [2.24, 2.45) is 0 Å². The molecule has 0 saturated carbocycles. The highest BCUT2D eigenvalue weighted by atomic mass is 32.1. The lowest BCUT2D eigenvalue weighted by Crippen LogP contribution is -2.17. The van der Waals surface area contributed by atoms with Crippen LogP contribution in [0.1, 0.15) is 56.6 Å². The van der Waals surface area contributed by atoms with Crippen molar-refractivity contribution in [1.29, 1.82) is 0 Å². The molecule has 1 aliphatic carbocycles. The zero-order valence-electron chi connectivity index (χ0n) is 18.4. The second-order valence-electron chi connectivity index (χ2n) is 7.88. The molecule has 5 rings (SSSR count). The molecular formula is C23H19F3N4O4S. The SMILES string of the molecule is CCOC(=O)c1c(NC(=O)c2cnn3c(C(F)(F)F)cc(-c4ccco4)nc23)sc2c1CCCC2. The third-order valence-electron chi connectivity index (χ3n) is 5.66. The normalized spacial score (nSPS) is 13.6. The number of amides is 1. The maximum atomic E-state index is 13.8. The number of rotatable bonds is 5. The van der Waals surface area contributed by atoms with E-state index in [-0.39, 0.29) is 29.3 Å². The van der Waals surface area contributed by atoms with Crippen LogP contribution in [0.3, 0.4) is 0 Å². The second kappa shape index (κ2) is 8.84. The van der Waals surface area contributed by atoms with Crippen molar-refractivity contribution in [3.8, 4) is 11.5 Å². The molecule has 4 heterocycles. The lowest BCUT2D eigenvalue weighted by Gasteiger charge is -2.12. The predicted octanol–water partition coefficient (Wildman–Crippen LogP) is 5.38. The smallest absolute Gasteiger partial charge is 0.433 e. The van der Waals surface area contributed by atoms with Crippen LogP contribution in [-0.4, -0.2) is 33.1 Å². The summed E-state index contributed by atoms with van der Waals surface area (Å²) in [6.45, 7) is 1.86. The molecule has 0 fully saturated rings. The Bertz CT molecular complexity index is 1420. The number of nitrogens with one attached hydrogen (secondary N) is 1. The van der Waals surface area contributed by atoms with Crippen LogP contribution in [0.15, 0.2) is 35.1 Å². The number of aromatic nitrogens is 3. The lowest BCUT2D eigenvalue weighted by molar-refractivity contribution is -0.142. The van der Waals surface area contributed by atoms with Crippen LogP contribution in [0.5, 0.6) is 0 Å². The van der Waals surface area contributed by atoms with Gasteiger partial charge in [-0.1, -0.05) is 0 Å². The van der Waals surface area contributed by atoms with Crippen molar-refractivity contribution in [1.82, 2.24) is 14.6 Å². The Balaban J connectivity index is 1.58. The minimum absolute atomic E-state index is 0.0943. The van der Waals surface area contributed by atoms with Gasteiger partial charge >= 0.3 is 12.1 Å². The van der Waals surface area contributed by atoms with Crippen molar-refractivity contribution in [3.05, 3.63) is 57.9 Å². The first-order chi connectivity index (χ1) is 16.8. The molecule has 8 nitrogen and oxygen atoms in total. The number of furan rings is 1. The molecule has 0 saturated heterocycles. The van der Waals surface area contributed by atoms with Crippen LogP contribution in [0.25, 0.3) is 17.1 Å². The molecule has 0 radical (unpaired) electrons. The van der Waals surface area contributed by atoms with Crippen LogP contribution < -0.4 is 5.32 Å². The van der Waals surface area contributed by atoms with Crippen molar-refractivity contribution in [2.45, 2.75) is 38.8 Å². The number of esters is 1. The maximum absolute atomic E-state index is 13.8. The maximum Gasteiger partial charge on any atom is 0.433 e. The molecule has 0 bridgehead atoms. The van der Waals surface area contributed by atoms with E-state index in [1.54, 1.807) is 6.92 Å².